The fourth-order valence-electron chi connectivity index (χ4n) is 3.31. The molecule has 0 spiro atoms. The summed E-state index contributed by atoms with van der Waals surface area (Å²) in [7, 11) is 1.60. The Labute approximate surface area is 165 Å². The number of nitrogens with zero attached hydrogens (tertiary/aromatic N) is 3. The van der Waals surface area contributed by atoms with Gasteiger partial charge in [-0.15, -0.1) is 0 Å². The van der Waals surface area contributed by atoms with Crippen LogP contribution in [0.15, 0.2) is 47.0 Å². The zero-order chi connectivity index (χ0) is 19.7. The Kier molecular flexibility index (Phi) is 5.00. The summed E-state index contributed by atoms with van der Waals surface area (Å²) >= 11 is 6.06. The van der Waals surface area contributed by atoms with Crippen molar-refractivity contribution < 1.29 is 18.4 Å². The molecule has 0 radical (unpaired) electrons. The van der Waals surface area contributed by atoms with Gasteiger partial charge >= 0.3 is 0 Å². The standard InChI is InChI=1S/C20H17ClFN3O3/c1-27-14-7-4-12(5-8-14)18-23-19(28-24-18)17-3-2-10-25(17)20(26)15-9-6-13(22)11-16(15)21/h4-9,11,17H,2-3,10H2,1H3. The van der Waals surface area contributed by atoms with Gasteiger partial charge in [-0.2, -0.15) is 4.98 Å². The lowest BCUT2D eigenvalue weighted by Gasteiger charge is -2.22. The maximum atomic E-state index is 13.3. The van der Waals surface area contributed by atoms with E-state index in [1.807, 2.05) is 24.3 Å². The molecule has 1 saturated heterocycles. The summed E-state index contributed by atoms with van der Waals surface area (Å²) in [6, 6.07) is 10.7. The summed E-state index contributed by atoms with van der Waals surface area (Å²) in [6.07, 6.45) is 1.50. The molecule has 8 heteroatoms. The average Bonchev–Trinajstić information content (AvgIpc) is 3.37. The summed E-state index contributed by atoms with van der Waals surface area (Å²) in [5.74, 6) is 0.778. The Morgan fingerprint density at radius 1 is 1.29 bits per heavy atom. The molecule has 2 heterocycles. The highest BCUT2D eigenvalue weighted by Crippen LogP contribution is 2.34. The van der Waals surface area contributed by atoms with Crippen LogP contribution in [0.5, 0.6) is 5.75 Å². The maximum Gasteiger partial charge on any atom is 0.256 e. The van der Waals surface area contributed by atoms with E-state index in [0.29, 0.717) is 24.7 Å². The van der Waals surface area contributed by atoms with Gasteiger partial charge in [0.2, 0.25) is 11.7 Å². The fourth-order valence-corrected chi connectivity index (χ4v) is 3.56. The fraction of sp³-hybridized carbons (Fsp3) is 0.250. The van der Waals surface area contributed by atoms with Crippen molar-refractivity contribution in [3.63, 3.8) is 0 Å². The zero-order valence-electron chi connectivity index (χ0n) is 15.1. The Morgan fingerprint density at radius 2 is 2.07 bits per heavy atom. The first-order valence-electron chi connectivity index (χ1n) is 8.81. The predicted molar refractivity (Wildman–Crippen MR) is 101 cm³/mol. The number of methoxy groups -OCH3 is 1. The molecule has 1 amide bonds. The van der Waals surface area contributed by atoms with Gasteiger partial charge in [-0.25, -0.2) is 4.39 Å². The monoisotopic (exact) mass is 401 g/mol. The third-order valence-corrected chi connectivity index (χ3v) is 5.06. The number of hydrogen-bond acceptors (Lipinski definition) is 5. The third kappa shape index (κ3) is 3.45. The Morgan fingerprint density at radius 3 is 2.79 bits per heavy atom. The van der Waals surface area contributed by atoms with Gasteiger partial charge < -0.3 is 14.2 Å². The maximum absolute atomic E-state index is 13.3. The van der Waals surface area contributed by atoms with E-state index in [1.54, 1.807) is 12.0 Å². The van der Waals surface area contributed by atoms with Crippen LogP contribution in [0.3, 0.4) is 0 Å². The molecule has 0 bridgehead atoms. The molecule has 0 N–H and O–H groups in total. The van der Waals surface area contributed by atoms with E-state index in [4.69, 9.17) is 20.9 Å². The van der Waals surface area contributed by atoms with Crippen molar-refractivity contribution in [3.05, 3.63) is 64.8 Å². The van der Waals surface area contributed by atoms with Crippen molar-refractivity contribution in [1.29, 1.82) is 0 Å². The van der Waals surface area contributed by atoms with E-state index in [-0.39, 0.29) is 22.5 Å². The highest BCUT2D eigenvalue weighted by atomic mass is 35.5. The van der Waals surface area contributed by atoms with Crippen molar-refractivity contribution in [1.82, 2.24) is 15.0 Å². The lowest BCUT2D eigenvalue weighted by atomic mass is 10.1. The summed E-state index contributed by atoms with van der Waals surface area (Å²) in [6.45, 7) is 0.539. The van der Waals surface area contributed by atoms with E-state index in [2.05, 4.69) is 10.1 Å². The van der Waals surface area contributed by atoms with Crippen LogP contribution in [0.2, 0.25) is 5.02 Å². The minimum Gasteiger partial charge on any atom is -0.497 e. The van der Waals surface area contributed by atoms with Crippen LogP contribution in [-0.2, 0) is 0 Å². The van der Waals surface area contributed by atoms with Crippen LogP contribution < -0.4 is 4.74 Å². The molecule has 2 aromatic carbocycles. The van der Waals surface area contributed by atoms with Crippen LogP contribution in [0.4, 0.5) is 4.39 Å². The lowest BCUT2D eigenvalue weighted by Crippen LogP contribution is -2.31. The Bertz CT molecular complexity index is 1010. The first-order chi connectivity index (χ1) is 13.6. The summed E-state index contributed by atoms with van der Waals surface area (Å²) < 4.78 is 23.9. The zero-order valence-corrected chi connectivity index (χ0v) is 15.8. The molecule has 0 aliphatic carbocycles. The Hall–Kier alpha value is -2.93. The molecule has 144 valence electrons. The number of benzene rings is 2. The van der Waals surface area contributed by atoms with Gasteiger partial charge in [0, 0.05) is 12.1 Å². The number of halogens is 2. The molecule has 1 aliphatic rings. The number of carbonyl (C=O) groups excluding carboxylic acids is 1. The van der Waals surface area contributed by atoms with Gasteiger partial charge in [0.05, 0.1) is 17.7 Å². The van der Waals surface area contributed by atoms with Crippen molar-refractivity contribution in [2.75, 3.05) is 13.7 Å². The van der Waals surface area contributed by atoms with Crippen molar-refractivity contribution in [2.24, 2.45) is 0 Å². The van der Waals surface area contributed by atoms with Gasteiger partial charge in [-0.05, 0) is 55.3 Å². The molecule has 1 aromatic heterocycles. The first-order valence-corrected chi connectivity index (χ1v) is 9.18. The highest BCUT2D eigenvalue weighted by Gasteiger charge is 2.35. The number of likely N-dealkylation sites (tertiary alicyclic amines) is 1. The predicted octanol–water partition coefficient (Wildman–Crippen LogP) is 4.52. The van der Waals surface area contributed by atoms with Gasteiger partial charge in [-0.1, -0.05) is 16.8 Å². The number of ether oxygens (including phenoxy) is 1. The largest absolute Gasteiger partial charge is 0.497 e. The normalized spacial score (nSPS) is 16.4. The minimum atomic E-state index is -0.486. The second-order valence-electron chi connectivity index (χ2n) is 6.47. The first kappa shape index (κ1) is 18.4. The molecule has 6 nitrogen and oxygen atoms in total. The quantitative estimate of drug-likeness (QED) is 0.643. The molecule has 28 heavy (non-hydrogen) atoms. The van der Waals surface area contributed by atoms with Crippen molar-refractivity contribution in [3.8, 4) is 17.1 Å². The average molecular weight is 402 g/mol. The van der Waals surface area contributed by atoms with Gasteiger partial charge in [0.25, 0.3) is 5.91 Å². The van der Waals surface area contributed by atoms with E-state index < -0.39 is 5.82 Å². The SMILES string of the molecule is COc1ccc(-c2noc(C3CCCN3C(=O)c3ccc(F)cc3Cl)n2)cc1. The van der Waals surface area contributed by atoms with Gasteiger partial charge in [0.1, 0.15) is 17.6 Å². The van der Waals surface area contributed by atoms with Gasteiger partial charge in [0.15, 0.2) is 0 Å². The van der Waals surface area contributed by atoms with Crippen LogP contribution in [0, 0.1) is 5.82 Å². The second kappa shape index (κ2) is 7.59. The van der Waals surface area contributed by atoms with Crippen LogP contribution >= 0.6 is 11.6 Å². The summed E-state index contributed by atoms with van der Waals surface area (Å²) in [5.41, 5.74) is 1.04. The van der Waals surface area contributed by atoms with Crippen LogP contribution in [0.1, 0.15) is 35.1 Å². The third-order valence-electron chi connectivity index (χ3n) is 4.75. The van der Waals surface area contributed by atoms with E-state index >= 15 is 0 Å². The number of aromatic nitrogens is 2. The van der Waals surface area contributed by atoms with Gasteiger partial charge in [-0.3, -0.25) is 4.79 Å². The molecule has 0 saturated carbocycles. The number of hydrogen-bond donors (Lipinski definition) is 0. The molecular formula is C20H17ClFN3O3. The number of rotatable bonds is 4. The number of amides is 1. The van der Waals surface area contributed by atoms with Crippen molar-refractivity contribution in [2.45, 2.75) is 18.9 Å². The van der Waals surface area contributed by atoms with Crippen LogP contribution in [0.25, 0.3) is 11.4 Å². The molecule has 3 aromatic rings. The minimum absolute atomic E-state index is 0.0834. The van der Waals surface area contributed by atoms with Crippen molar-refractivity contribution >= 4 is 17.5 Å². The molecular weight excluding hydrogens is 385 g/mol. The lowest BCUT2D eigenvalue weighted by molar-refractivity contribution is 0.0710. The number of carbonyl (C=O) groups is 1. The van der Waals surface area contributed by atoms with Crippen LogP contribution in [-0.4, -0.2) is 34.6 Å². The molecule has 1 fully saturated rings. The smallest absolute Gasteiger partial charge is 0.256 e. The second-order valence-corrected chi connectivity index (χ2v) is 6.87. The molecule has 4 rings (SSSR count). The van der Waals surface area contributed by atoms with E-state index in [9.17, 15) is 9.18 Å². The Balaban J connectivity index is 1.58. The summed E-state index contributed by atoms with van der Waals surface area (Å²) in [5, 5.41) is 4.13. The molecule has 1 atom stereocenters. The summed E-state index contributed by atoms with van der Waals surface area (Å²) in [4.78, 5) is 19.0. The highest BCUT2D eigenvalue weighted by molar-refractivity contribution is 6.33. The molecule has 1 unspecified atom stereocenters. The topological polar surface area (TPSA) is 68.5 Å². The van der Waals surface area contributed by atoms with E-state index in [1.165, 1.54) is 12.1 Å². The van der Waals surface area contributed by atoms with E-state index in [0.717, 1.165) is 23.8 Å². The molecule has 1 aliphatic heterocycles.